The van der Waals surface area contributed by atoms with Crippen LogP contribution in [0.25, 0.3) is 0 Å². The zero-order chi connectivity index (χ0) is 12.3. The van der Waals surface area contributed by atoms with Gasteiger partial charge in [-0.1, -0.05) is 17.6 Å². The van der Waals surface area contributed by atoms with Crippen LogP contribution in [0.15, 0.2) is 0 Å². The smallest absolute Gasteiger partial charge is 0.268 e. The molecule has 0 bridgehead atoms. The molecule has 89 valence electrons. The summed E-state index contributed by atoms with van der Waals surface area (Å²) >= 11 is 6.73. The van der Waals surface area contributed by atoms with E-state index in [1.807, 2.05) is 0 Å². The van der Waals surface area contributed by atoms with Crippen molar-refractivity contribution in [2.24, 2.45) is 5.73 Å². The van der Waals surface area contributed by atoms with Crippen LogP contribution >= 0.6 is 22.9 Å². The predicted molar refractivity (Wildman–Crippen MR) is 67.1 cm³/mol. The molecule has 0 unspecified atom stereocenters. The Hall–Kier alpha value is 0.519. The molecule has 1 heterocycles. The minimum absolute atomic E-state index is 0. The second-order valence-corrected chi connectivity index (χ2v) is 4.68. The summed E-state index contributed by atoms with van der Waals surface area (Å²) in [6, 6.07) is -0.357. The Kier molecular flexibility index (Phi) is 8.08. The number of thiazole rings is 1. The van der Waals surface area contributed by atoms with Gasteiger partial charge in [0.1, 0.15) is 13.5 Å². The van der Waals surface area contributed by atoms with Gasteiger partial charge in [-0.3, -0.25) is 4.79 Å². The molecule has 0 spiro atoms. The maximum Gasteiger partial charge on any atom is 0.268 e. The standard InChI is InChI=1S/C9H11BClN3OS.Y/c1-3-14(5(2)4-12)8(15)6-7(10)16-9(11)13-6;/h5H,1-4,12H2;/q-2;/t5-;/m0./s1. The van der Waals surface area contributed by atoms with Crippen molar-refractivity contribution in [3.8, 4) is 0 Å². The summed E-state index contributed by atoms with van der Waals surface area (Å²) in [6.45, 7) is 7.90. The van der Waals surface area contributed by atoms with Gasteiger partial charge >= 0.3 is 0 Å². The largest absolute Gasteiger partial charge is 0.393 e. The fraction of sp³-hybridized carbons (Fsp3) is 0.333. The van der Waals surface area contributed by atoms with Gasteiger partial charge in [0.05, 0.1) is 0 Å². The maximum atomic E-state index is 12.0. The number of nitrogens with zero attached hydrogens (tertiary/aromatic N) is 2. The summed E-state index contributed by atoms with van der Waals surface area (Å²) in [5.41, 5.74) is 5.59. The number of amides is 1. The van der Waals surface area contributed by atoms with Crippen molar-refractivity contribution in [2.45, 2.75) is 6.04 Å². The molecule has 3 radical (unpaired) electrons. The van der Waals surface area contributed by atoms with E-state index in [0.29, 0.717) is 0 Å². The Morgan fingerprint density at radius 2 is 2.29 bits per heavy atom. The number of carbonyl (C=O) groups excluding carboxylic acids is 1. The monoisotopic (exact) mass is 344 g/mol. The van der Waals surface area contributed by atoms with E-state index in [4.69, 9.17) is 25.2 Å². The molecular formula is C9H11BClN3OSY-2. The molecule has 1 amide bonds. The fourth-order valence-corrected chi connectivity index (χ4v) is 2.05. The van der Waals surface area contributed by atoms with Gasteiger partial charge in [-0.25, -0.2) is 4.98 Å². The number of hydrogen-bond donors (Lipinski definition) is 1. The van der Waals surface area contributed by atoms with Crippen LogP contribution in [-0.4, -0.2) is 42.8 Å². The molecule has 0 aliphatic rings. The zero-order valence-corrected chi connectivity index (χ0v) is 13.6. The van der Waals surface area contributed by atoms with Crippen molar-refractivity contribution >= 4 is 41.5 Å². The first-order valence-corrected chi connectivity index (χ1v) is 5.75. The number of halogens is 1. The third-order valence-electron chi connectivity index (χ3n) is 2.04. The van der Waals surface area contributed by atoms with Crippen molar-refractivity contribution in [3.05, 3.63) is 24.0 Å². The molecule has 1 aromatic heterocycles. The molecule has 2 N–H and O–H groups in total. The van der Waals surface area contributed by atoms with Crippen molar-refractivity contribution in [3.63, 3.8) is 0 Å². The predicted octanol–water partition coefficient (Wildman–Crippen LogP) is 0.0255. The van der Waals surface area contributed by atoms with E-state index in [-0.39, 0.29) is 72.7 Å². The number of rotatable bonds is 4. The Labute approximate surface area is 137 Å². The third kappa shape index (κ3) is 4.28. The molecule has 0 saturated heterocycles. The topological polar surface area (TPSA) is 59.2 Å². The van der Waals surface area contributed by atoms with Gasteiger partial charge in [0, 0.05) is 32.7 Å². The SMILES string of the molecule is [B]c1sc(Cl)nc1C(=O)N(C[CH2-])[C@@H]([CH2-])CN.[Y]. The van der Waals surface area contributed by atoms with Gasteiger partial charge in [-0.05, 0) is 11.3 Å². The van der Waals surface area contributed by atoms with Crippen LogP contribution in [0.3, 0.4) is 0 Å². The zero-order valence-electron chi connectivity index (χ0n) is 9.23. The van der Waals surface area contributed by atoms with E-state index >= 15 is 0 Å². The minimum atomic E-state index is -0.357. The van der Waals surface area contributed by atoms with E-state index in [2.05, 4.69) is 18.8 Å². The molecular weight excluding hydrogens is 333 g/mol. The number of nitrogens with two attached hydrogens (primary N) is 1. The van der Waals surface area contributed by atoms with Gasteiger partial charge in [0.15, 0.2) is 4.47 Å². The van der Waals surface area contributed by atoms with E-state index < -0.39 is 0 Å². The van der Waals surface area contributed by atoms with Gasteiger partial charge in [0.25, 0.3) is 5.91 Å². The molecule has 1 atom stereocenters. The van der Waals surface area contributed by atoms with E-state index in [9.17, 15) is 4.79 Å². The Balaban J connectivity index is 0.00000256. The number of aromatic nitrogens is 1. The van der Waals surface area contributed by atoms with Crippen LogP contribution in [0.1, 0.15) is 10.5 Å². The second-order valence-electron chi connectivity index (χ2n) is 3.07. The van der Waals surface area contributed by atoms with E-state index in [1.165, 1.54) is 4.90 Å². The summed E-state index contributed by atoms with van der Waals surface area (Å²) in [5, 5.41) is 0. The molecule has 8 heteroatoms. The normalized spacial score (nSPS) is 11.8. The molecule has 17 heavy (non-hydrogen) atoms. The van der Waals surface area contributed by atoms with Crippen molar-refractivity contribution in [1.29, 1.82) is 0 Å². The van der Waals surface area contributed by atoms with Crippen molar-refractivity contribution in [2.75, 3.05) is 13.1 Å². The van der Waals surface area contributed by atoms with Gasteiger partial charge in [0.2, 0.25) is 0 Å². The first-order valence-electron chi connectivity index (χ1n) is 4.56. The van der Waals surface area contributed by atoms with Crippen LogP contribution < -0.4 is 10.5 Å². The second kappa shape index (κ2) is 7.85. The molecule has 0 fully saturated rings. The molecule has 4 nitrogen and oxygen atoms in total. The summed E-state index contributed by atoms with van der Waals surface area (Å²) in [5.74, 6) is -0.346. The number of carbonyl (C=O) groups is 1. The molecule has 1 rings (SSSR count). The van der Waals surface area contributed by atoms with Crippen LogP contribution in [0.5, 0.6) is 0 Å². The van der Waals surface area contributed by atoms with Gasteiger partial charge in [-0.2, -0.15) is 0 Å². The Bertz CT molecular complexity index is 390. The van der Waals surface area contributed by atoms with Gasteiger partial charge < -0.3 is 24.5 Å². The van der Waals surface area contributed by atoms with Crippen molar-refractivity contribution < 1.29 is 37.5 Å². The Morgan fingerprint density at radius 3 is 2.65 bits per heavy atom. The van der Waals surface area contributed by atoms with Crippen LogP contribution in [0.4, 0.5) is 0 Å². The summed E-state index contributed by atoms with van der Waals surface area (Å²) in [4.78, 5) is 17.3. The fourth-order valence-electron chi connectivity index (χ4n) is 1.17. The molecule has 0 aromatic carbocycles. The quantitative estimate of drug-likeness (QED) is 0.619. The first-order chi connectivity index (χ1) is 7.51. The van der Waals surface area contributed by atoms with Crippen LogP contribution in [-0.2, 0) is 32.7 Å². The Morgan fingerprint density at radius 1 is 1.71 bits per heavy atom. The average Bonchev–Trinajstić information content (AvgIpc) is 2.58. The summed E-state index contributed by atoms with van der Waals surface area (Å²) < 4.78 is 0.524. The van der Waals surface area contributed by atoms with Crippen LogP contribution in [0, 0.1) is 13.8 Å². The summed E-state index contributed by atoms with van der Waals surface area (Å²) in [6.07, 6.45) is 0. The first kappa shape index (κ1) is 17.5. The van der Waals surface area contributed by atoms with E-state index in [0.717, 1.165) is 11.3 Å². The molecule has 0 aliphatic heterocycles. The number of hydrogen-bond acceptors (Lipinski definition) is 4. The maximum absolute atomic E-state index is 12.0. The minimum Gasteiger partial charge on any atom is -0.393 e. The van der Waals surface area contributed by atoms with Gasteiger partial charge in [-0.15, -0.1) is 17.9 Å². The molecule has 1 aromatic rings. The average molecular weight is 344 g/mol. The summed E-state index contributed by atoms with van der Waals surface area (Å²) in [7, 11) is 5.63. The van der Waals surface area contributed by atoms with Crippen molar-refractivity contribution in [1.82, 2.24) is 9.88 Å². The molecule has 0 saturated carbocycles. The third-order valence-corrected chi connectivity index (χ3v) is 3.03. The molecule has 0 aliphatic carbocycles. The van der Waals surface area contributed by atoms with Crippen LogP contribution in [0.2, 0.25) is 4.47 Å². The van der Waals surface area contributed by atoms with E-state index in [1.54, 1.807) is 0 Å².